The zero-order valence-electron chi connectivity index (χ0n) is 12.2. The summed E-state index contributed by atoms with van der Waals surface area (Å²) in [7, 11) is 1.20. The zero-order chi connectivity index (χ0) is 15.6. The molecule has 0 bridgehead atoms. The molecule has 1 aromatic rings. The first kappa shape index (κ1) is 15.5. The third-order valence-corrected chi connectivity index (χ3v) is 4.60. The standard InChI is InChI=1S/C14H18N2O4S/c1-7-4-5-9-10(6-7)21-13(15-8(2)17)11(9)12(18)16-14(19)20-3/h7H,4-6H2,1-3H3,(H,15,17)(H,16,18,19)/t7-/m1/s1. The van der Waals surface area contributed by atoms with Crippen LogP contribution in [0.25, 0.3) is 0 Å². The Bertz CT molecular complexity index is 594. The lowest BCUT2D eigenvalue weighted by molar-refractivity contribution is -0.114. The van der Waals surface area contributed by atoms with Gasteiger partial charge in [0.1, 0.15) is 5.00 Å². The lowest BCUT2D eigenvalue weighted by atomic mass is 9.88. The molecule has 114 valence electrons. The van der Waals surface area contributed by atoms with E-state index in [9.17, 15) is 14.4 Å². The lowest BCUT2D eigenvalue weighted by Crippen LogP contribution is -2.31. The molecule has 0 fully saturated rings. The molecular weight excluding hydrogens is 292 g/mol. The van der Waals surface area contributed by atoms with Gasteiger partial charge < -0.3 is 10.1 Å². The van der Waals surface area contributed by atoms with Gasteiger partial charge in [-0.2, -0.15) is 0 Å². The number of ether oxygens (including phenoxy) is 1. The van der Waals surface area contributed by atoms with Crippen LogP contribution in [0.15, 0.2) is 0 Å². The van der Waals surface area contributed by atoms with Crippen LogP contribution in [0.2, 0.25) is 0 Å². The van der Waals surface area contributed by atoms with Gasteiger partial charge in [-0.25, -0.2) is 4.79 Å². The molecule has 0 saturated heterocycles. The van der Waals surface area contributed by atoms with Crippen molar-refractivity contribution in [1.29, 1.82) is 0 Å². The average Bonchev–Trinajstić information content (AvgIpc) is 2.74. The molecule has 6 nitrogen and oxygen atoms in total. The second-order valence-electron chi connectivity index (χ2n) is 5.18. The van der Waals surface area contributed by atoms with Crippen molar-refractivity contribution < 1.29 is 19.1 Å². The predicted octanol–water partition coefficient (Wildman–Crippen LogP) is 2.33. The Labute approximate surface area is 126 Å². The minimum atomic E-state index is -0.807. The molecule has 1 aliphatic rings. The number of rotatable bonds is 2. The van der Waals surface area contributed by atoms with E-state index in [0.717, 1.165) is 29.7 Å². The Morgan fingerprint density at radius 1 is 1.33 bits per heavy atom. The first-order valence-corrected chi connectivity index (χ1v) is 7.55. The SMILES string of the molecule is COC(=O)NC(=O)c1c(NC(C)=O)sc2c1CC[C@@H](C)C2. The van der Waals surface area contributed by atoms with Crippen molar-refractivity contribution in [3.63, 3.8) is 0 Å². The van der Waals surface area contributed by atoms with Gasteiger partial charge in [-0.3, -0.25) is 14.9 Å². The van der Waals surface area contributed by atoms with Crippen molar-refractivity contribution in [3.05, 3.63) is 16.0 Å². The molecule has 1 atom stereocenters. The topological polar surface area (TPSA) is 84.5 Å². The number of imide groups is 1. The third-order valence-electron chi connectivity index (χ3n) is 3.43. The minimum absolute atomic E-state index is 0.242. The Kier molecular flexibility index (Phi) is 4.62. The van der Waals surface area contributed by atoms with E-state index < -0.39 is 12.0 Å². The summed E-state index contributed by atoms with van der Waals surface area (Å²) in [5, 5.41) is 5.35. The predicted molar refractivity (Wildman–Crippen MR) is 79.7 cm³/mol. The van der Waals surface area contributed by atoms with Gasteiger partial charge in [0.05, 0.1) is 12.7 Å². The molecule has 1 aromatic heterocycles. The molecule has 2 N–H and O–H groups in total. The van der Waals surface area contributed by atoms with Crippen molar-refractivity contribution in [2.45, 2.75) is 33.1 Å². The number of carbonyl (C=O) groups is 3. The van der Waals surface area contributed by atoms with Crippen molar-refractivity contribution in [2.75, 3.05) is 12.4 Å². The Morgan fingerprint density at radius 2 is 2.05 bits per heavy atom. The smallest absolute Gasteiger partial charge is 0.413 e. The first-order valence-electron chi connectivity index (χ1n) is 6.73. The molecular formula is C14H18N2O4S. The van der Waals surface area contributed by atoms with Crippen molar-refractivity contribution in [1.82, 2.24) is 5.32 Å². The van der Waals surface area contributed by atoms with Crippen LogP contribution in [0.4, 0.5) is 9.80 Å². The fraction of sp³-hybridized carbons (Fsp3) is 0.500. The van der Waals surface area contributed by atoms with E-state index in [2.05, 4.69) is 22.3 Å². The maximum absolute atomic E-state index is 12.3. The lowest BCUT2D eigenvalue weighted by Gasteiger charge is -2.18. The van der Waals surface area contributed by atoms with Gasteiger partial charge in [0.2, 0.25) is 5.91 Å². The van der Waals surface area contributed by atoms with Crippen LogP contribution in [-0.2, 0) is 22.4 Å². The molecule has 3 amide bonds. The zero-order valence-corrected chi connectivity index (χ0v) is 13.1. The second kappa shape index (κ2) is 6.26. The van der Waals surface area contributed by atoms with Crippen LogP contribution in [0.1, 0.15) is 41.1 Å². The Balaban J connectivity index is 2.38. The summed E-state index contributed by atoms with van der Waals surface area (Å²) < 4.78 is 4.45. The molecule has 0 aromatic carbocycles. The summed E-state index contributed by atoms with van der Waals surface area (Å²) in [6.45, 7) is 3.55. The van der Waals surface area contributed by atoms with Crippen LogP contribution >= 0.6 is 11.3 Å². The number of amides is 3. The van der Waals surface area contributed by atoms with E-state index in [1.165, 1.54) is 25.4 Å². The maximum Gasteiger partial charge on any atom is 0.413 e. The Hall–Kier alpha value is -1.89. The molecule has 0 aliphatic heterocycles. The number of thiophene rings is 1. The molecule has 0 spiro atoms. The largest absolute Gasteiger partial charge is 0.453 e. The van der Waals surface area contributed by atoms with Gasteiger partial charge in [0, 0.05) is 11.8 Å². The van der Waals surface area contributed by atoms with Crippen molar-refractivity contribution in [2.24, 2.45) is 5.92 Å². The highest BCUT2D eigenvalue weighted by molar-refractivity contribution is 7.17. The number of methoxy groups -OCH3 is 1. The van der Waals surface area contributed by atoms with Gasteiger partial charge in [0.15, 0.2) is 0 Å². The summed E-state index contributed by atoms with van der Waals surface area (Å²) >= 11 is 1.41. The van der Waals surface area contributed by atoms with E-state index >= 15 is 0 Å². The third kappa shape index (κ3) is 3.41. The highest BCUT2D eigenvalue weighted by atomic mass is 32.1. The summed E-state index contributed by atoms with van der Waals surface area (Å²) in [6.07, 6.45) is 1.84. The minimum Gasteiger partial charge on any atom is -0.453 e. The molecule has 0 unspecified atom stereocenters. The monoisotopic (exact) mass is 310 g/mol. The number of carbonyl (C=O) groups excluding carboxylic acids is 3. The average molecular weight is 310 g/mol. The summed E-state index contributed by atoms with van der Waals surface area (Å²) in [5.41, 5.74) is 1.32. The van der Waals surface area contributed by atoms with Crippen molar-refractivity contribution >= 4 is 34.2 Å². The number of fused-ring (bicyclic) bond motifs is 1. The Morgan fingerprint density at radius 3 is 2.67 bits per heavy atom. The molecule has 21 heavy (non-hydrogen) atoms. The normalized spacial score (nSPS) is 16.8. The maximum atomic E-state index is 12.3. The number of hydrogen-bond donors (Lipinski definition) is 2. The van der Waals surface area contributed by atoms with E-state index in [-0.39, 0.29) is 5.91 Å². The summed E-state index contributed by atoms with van der Waals surface area (Å²) in [4.78, 5) is 35.9. The quantitative estimate of drug-likeness (QED) is 0.878. The second-order valence-corrected chi connectivity index (χ2v) is 6.29. The highest BCUT2D eigenvalue weighted by Crippen LogP contribution is 2.39. The molecule has 0 saturated carbocycles. The number of hydrogen-bond acceptors (Lipinski definition) is 5. The van der Waals surface area contributed by atoms with Crippen molar-refractivity contribution in [3.8, 4) is 0 Å². The summed E-state index contributed by atoms with van der Waals surface area (Å²) in [6, 6.07) is 0. The molecule has 1 heterocycles. The first-order chi connectivity index (χ1) is 9.92. The number of alkyl carbamates (subject to hydrolysis) is 1. The van der Waals surface area contributed by atoms with Gasteiger partial charge in [0.25, 0.3) is 5.91 Å². The molecule has 1 aliphatic carbocycles. The van der Waals surface area contributed by atoms with Crippen LogP contribution in [-0.4, -0.2) is 25.0 Å². The van der Waals surface area contributed by atoms with E-state index in [4.69, 9.17) is 0 Å². The van der Waals surface area contributed by atoms with Crippen LogP contribution in [0, 0.1) is 5.92 Å². The highest BCUT2D eigenvalue weighted by Gasteiger charge is 2.28. The van der Waals surface area contributed by atoms with Gasteiger partial charge in [-0.1, -0.05) is 6.92 Å². The number of nitrogens with one attached hydrogen (secondary N) is 2. The van der Waals surface area contributed by atoms with Crippen LogP contribution < -0.4 is 10.6 Å². The van der Waals surface area contributed by atoms with Gasteiger partial charge in [-0.05, 0) is 30.7 Å². The van der Waals surface area contributed by atoms with E-state index in [1.54, 1.807) is 0 Å². The van der Waals surface area contributed by atoms with Gasteiger partial charge >= 0.3 is 6.09 Å². The molecule has 2 rings (SSSR count). The fourth-order valence-corrected chi connectivity index (χ4v) is 3.90. The van der Waals surface area contributed by atoms with E-state index in [0.29, 0.717) is 16.5 Å². The van der Waals surface area contributed by atoms with Gasteiger partial charge in [-0.15, -0.1) is 11.3 Å². The van der Waals surface area contributed by atoms with Crippen LogP contribution in [0.5, 0.6) is 0 Å². The summed E-state index contributed by atoms with van der Waals surface area (Å²) in [5.74, 6) is -0.218. The fourth-order valence-electron chi connectivity index (χ4n) is 2.45. The molecule has 7 heteroatoms. The number of anilines is 1. The van der Waals surface area contributed by atoms with E-state index in [1.807, 2.05) is 0 Å². The van der Waals surface area contributed by atoms with Crippen LogP contribution in [0.3, 0.4) is 0 Å². The molecule has 0 radical (unpaired) electrons.